The molecule has 3 aromatic rings. The Morgan fingerprint density at radius 1 is 1.04 bits per heavy atom. The molecule has 1 aliphatic rings. The third-order valence-corrected chi connectivity index (χ3v) is 5.06. The zero-order valence-corrected chi connectivity index (χ0v) is 15.3. The number of aryl methyl sites for hydroxylation is 1. The van der Waals surface area contributed by atoms with Crippen LogP contribution in [0, 0.1) is 5.82 Å². The van der Waals surface area contributed by atoms with E-state index < -0.39 is 0 Å². The van der Waals surface area contributed by atoms with E-state index in [1.807, 2.05) is 18.2 Å². The Bertz CT molecular complexity index is 965. The molecule has 0 radical (unpaired) electrons. The number of halogens is 2. The molecule has 25 heavy (non-hydrogen) atoms. The predicted molar refractivity (Wildman–Crippen MR) is 105 cm³/mol. The maximum absolute atomic E-state index is 14.5. The molecule has 1 aliphatic heterocycles. The molecule has 4 heteroatoms. The number of fused-ring (bicyclic) bond motifs is 1. The van der Waals surface area contributed by atoms with Crippen molar-refractivity contribution in [1.82, 2.24) is 5.32 Å². The summed E-state index contributed by atoms with van der Waals surface area (Å²) in [6.45, 7) is 1.57. The van der Waals surface area contributed by atoms with Gasteiger partial charge in [0.15, 0.2) is 0 Å². The Balaban J connectivity index is 1.69. The maximum atomic E-state index is 14.5. The minimum Gasteiger partial charge on any atom is -0.368 e. The van der Waals surface area contributed by atoms with Crippen molar-refractivity contribution < 1.29 is 4.39 Å². The Hall–Kier alpha value is -2.20. The van der Waals surface area contributed by atoms with Gasteiger partial charge in [0.05, 0.1) is 6.54 Å². The fourth-order valence-corrected chi connectivity index (χ4v) is 3.95. The zero-order chi connectivity index (χ0) is 17.2. The third kappa shape index (κ3) is 3.31. The summed E-state index contributed by atoms with van der Waals surface area (Å²) in [6.07, 6.45) is 1.42. The molecule has 4 rings (SSSR count). The zero-order valence-electron chi connectivity index (χ0n) is 13.7. The first-order chi connectivity index (χ1) is 12.2. The number of rotatable bonds is 4. The highest BCUT2D eigenvalue weighted by molar-refractivity contribution is 9.10. The molecule has 0 fully saturated rings. The normalized spacial score (nSPS) is 13.8. The van der Waals surface area contributed by atoms with Crippen molar-refractivity contribution in [3.63, 3.8) is 0 Å². The molecule has 0 bridgehead atoms. The first-order valence-electron chi connectivity index (χ1n) is 8.45. The fraction of sp³-hybridized carbons (Fsp3) is 0.190. The van der Waals surface area contributed by atoms with Crippen LogP contribution in [0.15, 0.2) is 64.1 Å². The van der Waals surface area contributed by atoms with Crippen molar-refractivity contribution in [1.29, 1.82) is 0 Å². The van der Waals surface area contributed by atoms with Crippen molar-refractivity contribution >= 4 is 32.5 Å². The molecule has 0 atom stereocenters. The van der Waals surface area contributed by atoms with Gasteiger partial charge in [0, 0.05) is 16.6 Å². The summed E-state index contributed by atoms with van der Waals surface area (Å²) in [5.41, 5.74) is 2.84. The second kappa shape index (κ2) is 6.96. The Kier molecular flexibility index (Phi) is 4.53. The Morgan fingerprint density at radius 2 is 1.92 bits per heavy atom. The van der Waals surface area contributed by atoms with E-state index in [1.165, 1.54) is 22.4 Å². The lowest BCUT2D eigenvalue weighted by Gasteiger charge is -2.13. The molecule has 1 N–H and O–H groups in total. The number of hydrogen-bond donors (Lipinski definition) is 1. The van der Waals surface area contributed by atoms with Gasteiger partial charge in [-0.05, 0) is 52.9 Å². The van der Waals surface area contributed by atoms with E-state index in [4.69, 9.17) is 0 Å². The molecule has 3 aromatic carbocycles. The molecular weight excluding hydrogens is 379 g/mol. The largest absolute Gasteiger partial charge is 0.368 e. The highest BCUT2D eigenvalue weighted by Crippen LogP contribution is 2.26. The monoisotopic (exact) mass is 396 g/mol. The molecule has 0 amide bonds. The number of nitrogens with zero attached hydrogens (tertiary/aromatic N) is 1. The van der Waals surface area contributed by atoms with Gasteiger partial charge in [-0.25, -0.2) is 4.39 Å². The van der Waals surface area contributed by atoms with Crippen LogP contribution >= 0.6 is 15.9 Å². The van der Waals surface area contributed by atoms with Gasteiger partial charge in [0.2, 0.25) is 0 Å². The van der Waals surface area contributed by atoms with Crippen LogP contribution in [-0.2, 0) is 12.8 Å². The van der Waals surface area contributed by atoms with Gasteiger partial charge >= 0.3 is 0 Å². The Morgan fingerprint density at radius 3 is 2.76 bits per heavy atom. The SMILES string of the molecule is Fc1cccc(C2=NCCN2)c1CCc1cc(Br)cc2ccccc12. The molecule has 0 unspecified atom stereocenters. The van der Waals surface area contributed by atoms with E-state index in [1.54, 1.807) is 6.07 Å². The van der Waals surface area contributed by atoms with Gasteiger partial charge in [-0.3, -0.25) is 4.99 Å². The van der Waals surface area contributed by atoms with Gasteiger partial charge in [-0.2, -0.15) is 0 Å². The molecule has 1 heterocycles. The van der Waals surface area contributed by atoms with Gasteiger partial charge in [-0.1, -0.05) is 52.3 Å². The third-order valence-electron chi connectivity index (χ3n) is 4.60. The molecule has 0 aliphatic carbocycles. The van der Waals surface area contributed by atoms with E-state index in [0.29, 0.717) is 6.42 Å². The first kappa shape index (κ1) is 16.3. The van der Waals surface area contributed by atoms with Crippen molar-refractivity contribution in [3.05, 3.63) is 81.6 Å². The average molecular weight is 397 g/mol. The van der Waals surface area contributed by atoms with Crippen LogP contribution in [0.5, 0.6) is 0 Å². The van der Waals surface area contributed by atoms with Crippen LogP contribution in [0.2, 0.25) is 0 Å². The van der Waals surface area contributed by atoms with Crippen molar-refractivity contribution in [2.45, 2.75) is 12.8 Å². The quantitative estimate of drug-likeness (QED) is 0.667. The van der Waals surface area contributed by atoms with E-state index >= 15 is 0 Å². The van der Waals surface area contributed by atoms with Gasteiger partial charge in [0.25, 0.3) is 0 Å². The summed E-state index contributed by atoms with van der Waals surface area (Å²) in [5, 5.41) is 5.67. The summed E-state index contributed by atoms with van der Waals surface area (Å²) in [6, 6.07) is 17.8. The summed E-state index contributed by atoms with van der Waals surface area (Å²) in [4.78, 5) is 4.46. The van der Waals surface area contributed by atoms with E-state index in [0.717, 1.165) is 40.9 Å². The number of nitrogens with one attached hydrogen (secondary N) is 1. The minimum atomic E-state index is -0.159. The predicted octanol–water partition coefficient (Wildman–Crippen LogP) is 4.88. The van der Waals surface area contributed by atoms with Crippen LogP contribution in [0.3, 0.4) is 0 Å². The fourth-order valence-electron chi connectivity index (χ4n) is 3.43. The van der Waals surface area contributed by atoms with Gasteiger partial charge in [0.1, 0.15) is 11.7 Å². The summed E-state index contributed by atoms with van der Waals surface area (Å²) in [7, 11) is 0. The van der Waals surface area contributed by atoms with E-state index in [2.05, 4.69) is 50.5 Å². The Labute approximate surface area is 154 Å². The van der Waals surface area contributed by atoms with Crippen molar-refractivity contribution in [2.24, 2.45) is 4.99 Å². The molecule has 0 saturated heterocycles. The van der Waals surface area contributed by atoms with Crippen LogP contribution in [0.1, 0.15) is 16.7 Å². The van der Waals surface area contributed by atoms with Crippen LogP contribution in [-0.4, -0.2) is 18.9 Å². The summed E-state index contributed by atoms with van der Waals surface area (Å²) >= 11 is 3.59. The summed E-state index contributed by atoms with van der Waals surface area (Å²) in [5.74, 6) is 0.654. The van der Waals surface area contributed by atoms with Crippen LogP contribution < -0.4 is 5.32 Å². The molecule has 126 valence electrons. The first-order valence-corrected chi connectivity index (χ1v) is 9.25. The summed E-state index contributed by atoms with van der Waals surface area (Å²) < 4.78 is 15.6. The number of benzene rings is 3. The van der Waals surface area contributed by atoms with Crippen molar-refractivity contribution in [3.8, 4) is 0 Å². The molecular formula is C21H18BrFN2. The molecule has 0 spiro atoms. The second-order valence-corrected chi connectivity index (χ2v) is 7.12. The lowest BCUT2D eigenvalue weighted by Crippen LogP contribution is -2.21. The highest BCUT2D eigenvalue weighted by atomic mass is 79.9. The lowest BCUT2D eigenvalue weighted by atomic mass is 9.95. The highest BCUT2D eigenvalue weighted by Gasteiger charge is 2.16. The standard InChI is InChI=1S/C21H18BrFN2/c22-16-12-14-4-1-2-5-17(14)15(13-16)8-9-18-19(6-3-7-20(18)23)21-24-10-11-25-21/h1-7,12-13H,8-11H2,(H,24,25). The molecule has 0 aromatic heterocycles. The smallest absolute Gasteiger partial charge is 0.128 e. The van der Waals surface area contributed by atoms with Gasteiger partial charge < -0.3 is 5.32 Å². The van der Waals surface area contributed by atoms with Crippen LogP contribution in [0.25, 0.3) is 10.8 Å². The lowest BCUT2D eigenvalue weighted by molar-refractivity contribution is 0.608. The number of aliphatic imine (C=N–C) groups is 1. The molecule has 0 saturated carbocycles. The van der Waals surface area contributed by atoms with E-state index in [9.17, 15) is 4.39 Å². The average Bonchev–Trinajstić information content (AvgIpc) is 3.14. The van der Waals surface area contributed by atoms with Gasteiger partial charge in [-0.15, -0.1) is 0 Å². The maximum Gasteiger partial charge on any atom is 0.128 e. The number of amidine groups is 1. The van der Waals surface area contributed by atoms with E-state index in [-0.39, 0.29) is 5.82 Å². The van der Waals surface area contributed by atoms with Crippen LogP contribution in [0.4, 0.5) is 4.39 Å². The van der Waals surface area contributed by atoms with Crippen molar-refractivity contribution in [2.75, 3.05) is 13.1 Å². The minimum absolute atomic E-state index is 0.159. The molecule has 2 nitrogen and oxygen atoms in total. The number of hydrogen-bond acceptors (Lipinski definition) is 2. The topological polar surface area (TPSA) is 24.4 Å². The second-order valence-electron chi connectivity index (χ2n) is 6.21.